The number of rotatable bonds is 2. The molecule has 2 aromatic heterocycles. The Labute approximate surface area is 143 Å². The summed E-state index contributed by atoms with van der Waals surface area (Å²) in [6, 6.07) is 10.1. The molecular weight excluding hydrogens is 326 g/mol. The lowest BCUT2D eigenvalue weighted by Gasteiger charge is -2.10. The summed E-state index contributed by atoms with van der Waals surface area (Å²) in [4.78, 5) is 5.71. The molecule has 1 aromatic carbocycles. The van der Waals surface area contributed by atoms with Gasteiger partial charge in [-0.1, -0.05) is 23.7 Å². The molecule has 0 amide bonds. The first-order chi connectivity index (χ1) is 11.3. The van der Waals surface area contributed by atoms with Crippen LogP contribution in [0, 0.1) is 11.3 Å². The normalized spacial score (nSPS) is 13.6. The summed E-state index contributed by atoms with van der Waals surface area (Å²) in [7, 11) is 0. The molecular formula is C18H14ClN3S. The number of nitriles is 1. The molecule has 1 aliphatic carbocycles. The van der Waals surface area contributed by atoms with E-state index in [2.05, 4.69) is 16.4 Å². The number of fused-ring (bicyclic) bond motifs is 2. The van der Waals surface area contributed by atoms with Crippen LogP contribution in [-0.4, -0.2) is 4.98 Å². The fourth-order valence-corrected chi connectivity index (χ4v) is 4.62. The zero-order chi connectivity index (χ0) is 15.8. The van der Waals surface area contributed by atoms with Crippen LogP contribution in [0.4, 0.5) is 10.7 Å². The Kier molecular flexibility index (Phi) is 3.68. The Morgan fingerprint density at radius 1 is 1.22 bits per heavy atom. The van der Waals surface area contributed by atoms with Gasteiger partial charge in [0.05, 0.1) is 21.8 Å². The molecule has 1 aliphatic rings. The summed E-state index contributed by atoms with van der Waals surface area (Å²) in [5.41, 5.74) is 3.76. The van der Waals surface area contributed by atoms with Gasteiger partial charge < -0.3 is 5.32 Å². The molecule has 0 saturated heterocycles. The average molecular weight is 340 g/mol. The van der Waals surface area contributed by atoms with E-state index in [0.717, 1.165) is 40.0 Å². The Bertz CT molecular complexity index is 939. The molecule has 3 nitrogen and oxygen atoms in total. The third-order valence-corrected chi connectivity index (χ3v) is 5.77. The minimum atomic E-state index is 0.636. The predicted octanol–water partition coefficient (Wildman–Crippen LogP) is 5.44. The summed E-state index contributed by atoms with van der Waals surface area (Å²) < 4.78 is 0. The van der Waals surface area contributed by atoms with Gasteiger partial charge in [0.1, 0.15) is 11.1 Å². The molecule has 0 radical (unpaired) electrons. The summed E-state index contributed by atoms with van der Waals surface area (Å²) in [6.07, 6.45) is 6.23. The number of hydrogen-bond acceptors (Lipinski definition) is 4. The van der Waals surface area contributed by atoms with Crippen molar-refractivity contribution in [1.29, 1.82) is 5.26 Å². The van der Waals surface area contributed by atoms with Gasteiger partial charge in [-0.3, -0.25) is 4.98 Å². The van der Waals surface area contributed by atoms with Crippen LogP contribution in [0.5, 0.6) is 0 Å². The van der Waals surface area contributed by atoms with Crippen LogP contribution in [0.25, 0.3) is 10.9 Å². The second-order valence-electron chi connectivity index (χ2n) is 5.65. The highest BCUT2D eigenvalue weighted by Crippen LogP contribution is 2.40. The van der Waals surface area contributed by atoms with Crippen LogP contribution in [-0.2, 0) is 12.8 Å². The fraction of sp³-hybridized carbons (Fsp3) is 0.222. The lowest BCUT2D eigenvalue weighted by atomic mass is 9.96. The third kappa shape index (κ3) is 2.46. The minimum Gasteiger partial charge on any atom is -0.346 e. The number of anilines is 2. The van der Waals surface area contributed by atoms with Crippen molar-refractivity contribution < 1.29 is 0 Å². The number of thiophene rings is 1. The van der Waals surface area contributed by atoms with Gasteiger partial charge in [0, 0.05) is 16.5 Å². The van der Waals surface area contributed by atoms with Crippen LogP contribution in [0.3, 0.4) is 0 Å². The van der Waals surface area contributed by atoms with Crippen molar-refractivity contribution in [2.45, 2.75) is 25.7 Å². The first-order valence-electron chi connectivity index (χ1n) is 7.63. The molecule has 0 atom stereocenters. The van der Waals surface area contributed by atoms with Crippen LogP contribution in [0.2, 0.25) is 5.02 Å². The van der Waals surface area contributed by atoms with E-state index in [0.29, 0.717) is 5.02 Å². The van der Waals surface area contributed by atoms with Gasteiger partial charge in [0.25, 0.3) is 0 Å². The van der Waals surface area contributed by atoms with E-state index < -0.39 is 0 Å². The lowest BCUT2D eigenvalue weighted by molar-refractivity contribution is 0.696. The first-order valence-corrected chi connectivity index (χ1v) is 8.82. The van der Waals surface area contributed by atoms with Crippen molar-refractivity contribution in [1.82, 2.24) is 4.98 Å². The number of benzene rings is 1. The molecule has 4 rings (SSSR count). The van der Waals surface area contributed by atoms with Crippen molar-refractivity contribution in [3.63, 3.8) is 0 Å². The third-order valence-electron chi connectivity index (χ3n) is 4.25. The van der Waals surface area contributed by atoms with Gasteiger partial charge in [0.2, 0.25) is 0 Å². The fourth-order valence-electron chi connectivity index (χ4n) is 3.14. The standard InChI is InChI=1S/C18H14ClN3S/c19-14-6-3-5-12-15(8-9-21-17(12)14)22-18-13(10-20)11-4-1-2-7-16(11)23-18/h3,5-6,8-9H,1-2,4,7H2,(H,21,22). The average Bonchev–Trinajstić information content (AvgIpc) is 2.93. The van der Waals surface area contributed by atoms with Gasteiger partial charge in [-0.25, -0.2) is 0 Å². The maximum atomic E-state index is 9.58. The number of nitrogens with zero attached hydrogens (tertiary/aromatic N) is 2. The molecule has 0 aliphatic heterocycles. The van der Waals surface area contributed by atoms with Gasteiger partial charge in [-0.2, -0.15) is 5.26 Å². The lowest BCUT2D eigenvalue weighted by Crippen LogP contribution is -2.00. The van der Waals surface area contributed by atoms with Crippen LogP contribution in [0.15, 0.2) is 30.5 Å². The Hall–Kier alpha value is -2.09. The van der Waals surface area contributed by atoms with E-state index in [4.69, 9.17) is 11.6 Å². The predicted molar refractivity (Wildman–Crippen MR) is 95.7 cm³/mol. The molecule has 114 valence electrons. The summed E-state index contributed by atoms with van der Waals surface area (Å²) in [5.74, 6) is 0. The highest BCUT2D eigenvalue weighted by atomic mass is 35.5. The SMILES string of the molecule is N#Cc1c(Nc2ccnc3c(Cl)cccc23)sc2c1CCCC2. The van der Waals surface area contributed by atoms with E-state index >= 15 is 0 Å². The highest BCUT2D eigenvalue weighted by Gasteiger charge is 2.21. The molecule has 0 saturated carbocycles. The largest absolute Gasteiger partial charge is 0.346 e. The highest BCUT2D eigenvalue weighted by molar-refractivity contribution is 7.16. The summed E-state index contributed by atoms with van der Waals surface area (Å²) in [5, 5.41) is 15.6. The molecule has 0 unspecified atom stereocenters. The second-order valence-corrected chi connectivity index (χ2v) is 7.16. The molecule has 3 aromatic rings. The first kappa shape index (κ1) is 14.5. The number of hydrogen-bond donors (Lipinski definition) is 1. The Morgan fingerprint density at radius 3 is 2.96 bits per heavy atom. The number of para-hydroxylation sites is 1. The molecule has 23 heavy (non-hydrogen) atoms. The topological polar surface area (TPSA) is 48.7 Å². The van der Waals surface area contributed by atoms with Crippen LogP contribution < -0.4 is 5.32 Å². The van der Waals surface area contributed by atoms with E-state index in [1.807, 2.05) is 24.3 Å². The number of aryl methyl sites for hydroxylation is 1. The van der Waals surface area contributed by atoms with Crippen molar-refractivity contribution in [3.8, 4) is 6.07 Å². The smallest absolute Gasteiger partial charge is 0.111 e. The quantitative estimate of drug-likeness (QED) is 0.676. The monoisotopic (exact) mass is 339 g/mol. The molecule has 0 fully saturated rings. The molecule has 2 heterocycles. The summed E-state index contributed by atoms with van der Waals surface area (Å²) >= 11 is 7.94. The van der Waals surface area contributed by atoms with E-state index in [9.17, 15) is 5.26 Å². The van der Waals surface area contributed by atoms with Gasteiger partial charge in [-0.15, -0.1) is 11.3 Å². The molecule has 1 N–H and O–H groups in total. The number of aromatic nitrogens is 1. The van der Waals surface area contributed by atoms with Gasteiger partial charge in [-0.05, 0) is 43.4 Å². The molecule has 0 bridgehead atoms. The van der Waals surface area contributed by atoms with Crippen molar-refractivity contribution in [2.24, 2.45) is 0 Å². The van der Waals surface area contributed by atoms with Crippen molar-refractivity contribution in [2.75, 3.05) is 5.32 Å². The van der Waals surface area contributed by atoms with E-state index in [1.165, 1.54) is 23.3 Å². The Balaban J connectivity index is 1.82. The Morgan fingerprint density at radius 2 is 2.09 bits per heavy atom. The molecule has 5 heteroatoms. The zero-order valence-electron chi connectivity index (χ0n) is 12.4. The number of halogens is 1. The maximum absolute atomic E-state index is 9.58. The second kappa shape index (κ2) is 5.84. The van der Waals surface area contributed by atoms with Crippen molar-refractivity contribution in [3.05, 3.63) is 51.5 Å². The van der Waals surface area contributed by atoms with Crippen LogP contribution in [0.1, 0.15) is 28.8 Å². The van der Waals surface area contributed by atoms with Crippen molar-refractivity contribution >= 4 is 44.5 Å². The maximum Gasteiger partial charge on any atom is 0.111 e. The van der Waals surface area contributed by atoms with Gasteiger partial charge in [0.15, 0.2) is 0 Å². The van der Waals surface area contributed by atoms with E-state index in [1.54, 1.807) is 17.5 Å². The summed E-state index contributed by atoms with van der Waals surface area (Å²) in [6.45, 7) is 0. The number of pyridine rings is 1. The molecule has 0 spiro atoms. The van der Waals surface area contributed by atoms with Gasteiger partial charge >= 0.3 is 0 Å². The van der Waals surface area contributed by atoms with Crippen LogP contribution >= 0.6 is 22.9 Å². The number of nitrogens with one attached hydrogen (secondary N) is 1. The van der Waals surface area contributed by atoms with E-state index in [-0.39, 0.29) is 0 Å². The zero-order valence-corrected chi connectivity index (χ0v) is 14.0. The minimum absolute atomic E-state index is 0.636.